The van der Waals surface area contributed by atoms with Gasteiger partial charge in [-0.25, -0.2) is 4.98 Å². The molecule has 2 aromatic rings. The number of benzene rings is 1. The largest absolute Gasteiger partial charge is 0.456 e. The SMILES string of the molecule is CSc1ccc(Oc2ccc(C(=N)N)nc2)cc1. The Bertz CT molecular complexity index is 537. The van der Waals surface area contributed by atoms with Gasteiger partial charge in [-0.1, -0.05) is 0 Å². The number of nitrogens with one attached hydrogen (secondary N) is 1. The number of amidine groups is 1. The molecule has 0 amide bonds. The standard InChI is InChI=1S/C13H13N3OS/c1-18-11-5-2-9(3-6-11)17-10-4-7-12(13(14)15)16-8-10/h2-8H,1H3,(H3,14,15). The summed E-state index contributed by atoms with van der Waals surface area (Å²) in [6.45, 7) is 0. The minimum absolute atomic E-state index is 0.0501. The van der Waals surface area contributed by atoms with E-state index in [2.05, 4.69) is 4.98 Å². The molecule has 0 unspecified atom stereocenters. The van der Waals surface area contributed by atoms with Crippen molar-refractivity contribution in [1.29, 1.82) is 5.41 Å². The van der Waals surface area contributed by atoms with Gasteiger partial charge in [0.25, 0.3) is 0 Å². The summed E-state index contributed by atoms with van der Waals surface area (Å²) >= 11 is 1.68. The molecule has 1 aromatic heterocycles. The first-order valence-corrected chi connectivity index (χ1v) is 6.54. The predicted molar refractivity (Wildman–Crippen MR) is 73.6 cm³/mol. The van der Waals surface area contributed by atoms with Crippen LogP contribution < -0.4 is 10.5 Å². The van der Waals surface area contributed by atoms with E-state index < -0.39 is 0 Å². The minimum Gasteiger partial charge on any atom is -0.456 e. The Morgan fingerprint density at radius 2 is 1.83 bits per heavy atom. The Morgan fingerprint density at radius 3 is 2.33 bits per heavy atom. The lowest BCUT2D eigenvalue weighted by Crippen LogP contribution is -2.12. The zero-order valence-electron chi connectivity index (χ0n) is 9.88. The van der Waals surface area contributed by atoms with E-state index in [-0.39, 0.29) is 5.84 Å². The van der Waals surface area contributed by atoms with Gasteiger partial charge in [0, 0.05) is 4.90 Å². The summed E-state index contributed by atoms with van der Waals surface area (Å²) in [6.07, 6.45) is 3.58. The number of hydrogen-bond donors (Lipinski definition) is 2. The Balaban J connectivity index is 2.10. The number of pyridine rings is 1. The smallest absolute Gasteiger partial charge is 0.145 e. The lowest BCUT2D eigenvalue weighted by Gasteiger charge is -2.06. The second kappa shape index (κ2) is 5.55. The topological polar surface area (TPSA) is 72.0 Å². The number of nitrogens with zero attached hydrogens (tertiary/aromatic N) is 1. The Kier molecular flexibility index (Phi) is 3.84. The molecule has 0 aliphatic heterocycles. The monoisotopic (exact) mass is 259 g/mol. The number of thioether (sulfide) groups is 1. The minimum atomic E-state index is -0.0501. The van der Waals surface area contributed by atoms with Crippen molar-refractivity contribution in [3.63, 3.8) is 0 Å². The summed E-state index contributed by atoms with van der Waals surface area (Å²) in [5.74, 6) is 1.33. The van der Waals surface area contributed by atoms with Gasteiger partial charge in [0.05, 0.1) is 6.20 Å². The highest BCUT2D eigenvalue weighted by atomic mass is 32.2. The van der Waals surface area contributed by atoms with Crippen LogP contribution in [0.5, 0.6) is 11.5 Å². The quantitative estimate of drug-likeness (QED) is 0.503. The molecule has 0 saturated carbocycles. The van der Waals surface area contributed by atoms with Crippen LogP contribution in [0.2, 0.25) is 0 Å². The van der Waals surface area contributed by atoms with Crippen molar-refractivity contribution in [2.75, 3.05) is 6.26 Å². The summed E-state index contributed by atoms with van der Waals surface area (Å²) in [5, 5.41) is 7.24. The predicted octanol–water partition coefficient (Wildman–Crippen LogP) is 2.88. The van der Waals surface area contributed by atoms with Gasteiger partial charge >= 0.3 is 0 Å². The fourth-order valence-corrected chi connectivity index (χ4v) is 1.79. The second-order valence-electron chi connectivity index (χ2n) is 3.57. The maximum atomic E-state index is 7.24. The van der Waals surface area contributed by atoms with Gasteiger partial charge in [0.1, 0.15) is 23.0 Å². The van der Waals surface area contributed by atoms with E-state index in [4.69, 9.17) is 15.9 Å². The Labute approximate surface area is 110 Å². The normalized spacial score (nSPS) is 10.1. The van der Waals surface area contributed by atoms with Crippen LogP contribution >= 0.6 is 11.8 Å². The van der Waals surface area contributed by atoms with E-state index in [1.807, 2.05) is 30.5 Å². The van der Waals surface area contributed by atoms with E-state index in [0.29, 0.717) is 11.4 Å². The maximum Gasteiger partial charge on any atom is 0.145 e. The van der Waals surface area contributed by atoms with Gasteiger partial charge in [-0.15, -0.1) is 11.8 Å². The third-order valence-electron chi connectivity index (χ3n) is 2.31. The van der Waals surface area contributed by atoms with Gasteiger partial charge in [-0.3, -0.25) is 5.41 Å². The van der Waals surface area contributed by atoms with Crippen LogP contribution in [0.15, 0.2) is 47.5 Å². The van der Waals surface area contributed by atoms with Crippen molar-refractivity contribution in [1.82, 2.24) is 4.98 Å². The Morgan fingerprint density at radius 1 is 1.17 bits per heavy atom. The van der Waals surface area contributed by atoms with Crippen LogP contribution in [-0.2, 0) is 0 Å². The molecule has 0 bridgehead atoms. The van der Waals surface area contributed by atoms with Crippen molar-refractivity contribution in [3.8, 4) is 11.5 Å². The molecule has 0 spiro atoms. The molecule has 0 saturated heterocycles. The number of nitrogen functional groups attached to an aromatic ring is 1. The second-order valence-corrected chi connectivity index (χ2v) is 4.45. The molecule has 4 nitrogen and oxygen atoms in total. The van der Waals surface area contributed by atoms with Crippen molar-refractivity contribution in [2.45, 2.75) is 4.90 Å². The van der Waals surface area contributed by atoms with E-state index in [1.165, 1.54) is 4.90 Å². The summed E-state index contributed by atoms with van der Waals surface area (Å²) in [5.41, 5.74) is 5.77. The lowest BCUT2D eigenvalue weighted by molar-refractivity contribution is 0.480. The molecule has 92 valence electrons. The van der Waals surface area contributed by atoms with Gasteiger partial charge in [0.15, 0.2) is 0 Å². The average Bonchev–Trinajstić information content (AvgIpc) is 2.40. The molecular weight excluding hydrogens is 246 g/mol. The van der Waals surface area contributed by atoms with Gasteiger partial charge in [0.2, 0.25) is 0 Å². The molecule has 1 aromatic carbocycles. The highest BCUT2D eigenvalue weighted by molar-refractivity contribution is 7.98. The summed E-state index contributed by atoms with van der Waals surface area (Å²) < 4.78 is 5.63. The third-order valence-corrected chi connectivity index (χ3v) is 3.05. The van der Waals surface area contributed by atoms with Crippen molar-refractivity contribution in [2.24, 2.45) is 5.73 Å². The fraction of sp³-hybridized carbons (Fsp3) is 0.0769. The molecule has 0 fully saturated rings. The summed E-state index contributed by atoms with van der Waals surface area (Å²) in [6, 6.07) is 11.2. The molecule has 3 N–H and O–H groups in total. The van der Waals surface area contributed by atoms with Gasteiger partial charge < -0.3 is 10.5 Å². The number of rotatable bonds is 4. The molecule has 1 heterocycles. The number of hydrogen-bond acceptors (Lipinski definition) is 4. The fourth-order valence-electron chi connectivity index (χ4n) is 1.38. The van der Waals surface area contributed by atoms with E-state index in [0.717, 1.165) is 5.75 Å². The zero-order chi connectivity index (χ0) is 13.0. The molecular formula is C13H13N3OS. The van der Waals surface area contributed by atoms with Crippen molar-refractivity contribution >= 4 is 17.6 Å². The van der Waals surface area contributed by atoms with Gasteiger partial charge in [-0.2, -0.15) is 0 Å². The average molecular weight is 259 g/mol. The van der Waals surface area contributed by atoms with E-state index >= 15 is 0 Å². The van der Waals surface area contributed by atoms with Crippen LogP contribution in [0.4, 0.5) is 0 Å². The lowest BCUT2D eigenvalue weighted by atomic mass is 10.3. The molecule has 0 radical (unpaired) electrons. The highest BCUT2D eigenvalue weighted by Crippen LogP contribution is 2.23. The number of nitrogens with two attached hydrogens (primary N) is 1. The molecule has 0 aliphatic carbocycles. The van der Waals surface area contributed by atoms with E-state index in [1.54, 1.807) is 30.1 Å². The molecule has 18 heavy (non-hydrogen) atoms. The van der Waals surface area contributed by atoms with E-state index in [9.17, 15) is 0 Å². The van der Waals surface area contributed by atoms with Crippen LogP contribution in [0, 0.1) is 5.41 Å². The third kappa shape index (κ3) is 3.01. The maximum absolute atomic E-state index is 7.24. The first-order valence-electron chi connectivity index (χ1n) is 5.31. The number of aromatic nitrogens is 1. The highest BCUT2D eigenvalue weighted by Gasteiger charge is 2.01. The van der Waals surface area contributed by atoms with Gasteiger partial charge in [-0.05, 0) is 42.7 Å². The Hall–Kier alpha value is -2.01. The molecule has 5 heteroatoms. The van der Waals surface area contributed by atoms with Crippen molar-refractivity contribution < 1.29 is 4.74 Å². The molecule has 0 aliphatic rings. The number of ether oxygens (including phenoxy) is 1. The first kappa shape index (κ1) is 12.4. The van der Waals surface area contributed by atoms with Crippen LogP contribution in [0.3, 0.4) is 0 Å². The molecule has 0 atom stereocenters. The van der Waals surface area contributed by atoms with Crippen LogP contribution in [0.1, 0.15) is 5.69 Å². The first-order chi connectivity index (χ1) is 8.69. The van der Waals surface area contributed by atoms with Crippen LogP contribution in [-0.4, -0.2) is 17.1 Å². The van der Waals surface area contributed by atoms with Crippen molar-refractivity contribution in [3.05, 3.63) is 48.3 Å². The zero-order valence-corrected chi connectivity index (χ0v) is 10.7. The molecule has 2 rings (SSSR count). The summed E-state index contributed by atoms with van der Waals surface area (Å²) in [7, 11) is 0. The van der Waals surface area contributed by atoms with Crippen LogP contribution in [0.25, 0.3) is 0 Å². The summed E-state index contributed by atoms with van der Waals surface area (Å²) in [4.78, 5) is 5.22.